The molecule has 0 radical (unpaired) electrons. The molecule has 0 bridgehead atoms. The number of amides is 1. The highest BCUT2D eigenvalue weighted by Gasteiger charge is 2.14. The number of halogens is 1. The number of hydrogen-bond acceptors (Lipinski definition) is 3. The van der Waals surface area contributed by atoms with Crippen LogP contribution >= 0.6 is 11.6 Å². The molecule has 0 N–H and O–H groups in total. The van der Waals surface area contributed by atoms with Crippen molar-refractivity contribution in [2.45, 2.75) is 6.54 Å². The summed E-state index contributed by atoms with van der Waals surface area (Å²) in [5.41, 5.74) is 3.01. The zero-order chi connectivity index (χ0) is 19.9. The Kier molecular flexibility index (Phi) is 6.56. The maximum Gasteiger partial charge on any atom is 0.260 e. The van der Waals surface area contributed by atoms with Crippen molar-refractivity contribution >= 4 is 17.5 Å². The van der Waals surface area contributed by atoms with Crippen LogP contribution in [0.15, 0.2) is 72.8 Å². The van der Waals surface area contributed by atoms with Crippen molar-refractivity contribution < 1.29 is 14.3 Å². The van der Waals surface area contributed by atoms with Crippen molar-refractivity contribution in [2.75, 3.05) is 20.8 Å². The first-order valence-corrected chi connectivity index (χ1v) is 9.30. The first kappa shape index (κ1) is 19.8. The SMILES string of the molecule is COc1ccccc1CN(C)C(=O)COc1ccc(-c2ccccc2)cc1Cl. The Morgan fingerprint density at radius 1 is 0.929 bits per heavy atom. The average Bonchev–Trinajstić information content (AvgIpc) is 2.73. The third kappa shape index (κ3) is 4.84. The lowest BCUT2D eigenvalue weighted by atomic mass is 10.1. The van der Waals surface area contributed by atoms with Crippen molar-refractivity contribution in [3.8, 4) is 22.6 Å². The summed E-state index contributed by atoms with van der Waals surface area (Å²) in [6.07, 6.45) is 0. The smallest absolute Gasteiger partial charge is 0.260 e. The second-order valence-electron chi connectivity index (χ2n) is 6.36. The fourth-order valence-corrected chi connectivity index (χ4v) is 3.09. The van der Waals surface area contributed by atoms with Gasteiger partial charge in [-0.15, -0.1) is 0 Å². The van der Waals surface area contributed by atoms with Crippen LogP contribution in [0.3, 0.4) is 0 Å². The molecule has 1 amide bonds. The first-order chi connectivity index (χ1) is 13.6. The Bertz CT molecular complexity index is 944. The molecule has 3 aromatic carbocycles. The van der Waals surface area contributed by atoms with Gasteiger partial charge in [-0.05, 0) is 29.3 Å². The standard InChI is InChI=1S/C23H22ClNO3/c1-25(15-19-10-6-7-11-21(19)27-2)23(26)16-28-22-13-12-18(14-20(22)24)17-8-4-3-5-9-17/h3-14H,15-16H2,1-2H3. The van der Waals surface area contributed by atoms with E-state index in [0.29, 0.717) is 17.3 Å². The van der Waals surface area contributed by atoms with Gasteiger partial charge in [-0.1, -0.05) is 66.2 Å². The zero-order valence-electron chi connectivity index (χ0n) is 15.9. The number of carbonyl (C=O) groups is 1. The molecular formula is C23H22ClNO3. The third-order valence-electron chi connectivity index (χ3n) is 4.42. The van der Waals surface area contributed by atoms with Crippen LogP contribution in [0, 0.1) is 0 Å². The summed E-state index contributed by atoms with van der Waals surface area (Å²) < 4.78 is 11.0. The van der Waals surface area contributed by atoms with Gasteiger partial charge in [0.1, 0.15) is 11.5 Å². The van der Waals surface area contributed by atoms with Crippen LogP contribution in [-0.2, 0) is 11.3 Å². The molecular weight excluding hydrogens is 374 g/mol. The molecule has 0 saturated heterocycles. The van der Waals surface area contributed by atoms with Crippen LogP contribution in [0.2, 0.25) is 5.02 Å². The van der Waals surface area contributed by atoms with E-state index >= 15 is 0 Å². The molecule has 0 atom stereocenters. The minimum Gasteiger partial charge on any atom is -0.496 e. The predicted octanol–water partition coefficient (Wildman–Crippen LogP) is 5.05. The number of rotatable bonds is 7. The van der Waals surface area contributed by atoms with Crippen LogP contribution in [0.4, 0.5) is 0 Å². The molecule has 0 spiro atoms. The van der Waals surface area contributed by atoms with Gasteiger partial charge in [0, 0.05) is 19.2 Å². The van der Waals surface area contributed by atoms with Crippen LogP contribution in [0.1, 0.15) is 5.56 Å². The Morgan fingerprint density at radius 2 is 1.64 bits per heavy atom. The molecule has 0 saturated carbocycles. The summed E-state index contributed by atoms with van der Waals surface area (Å²) in [6, 6.07) is 23.1. The summed E-state index contributed by atoms with van der Waals surface area (Å²) in [6.45, 7) is 0.350. The number of nitrogens with zero attached hydrogens (tertiary/aromatic N) is 1. The minimum atomic E-state index is -0.144. The Hall–Kier alpha value is -2.98. The van der Waals surface area contributed by atoms with E-state index in [-0.39, 0.29) is 12.5 Å². The minimum absolute atomic E-state index is 0.0872. The van der Waals surface area contributed by atoms with Crippen LogP contribution in [-0.4, -0.2) is 31.6 Å². The Balaban J connectivity index is 1.61. The lowest BCUT2D eigenvalue weighted by Crippen LogP contribution is -2.31. The molecule has 3 aromatic rings. The molecule has 0 heterocycles. The zero-order valence-corrected chi connectivity index (χ0v) is 16.6. The van der Waals surface area contributed by atoms with E-state index in [0.717, 1.165) is 22.4 Å². The van der Waals surface area contributed by atoms with E-state index in [1.165, 1.54) is 0 Å². The van der Waals surface area contributed by atoms with E-state index in [1.807, 2.05) is 66.7 Å². The molecule has 5 heteroatoms. The fourth-order valence-electron chi connectivity index (χ4n) is 2.86. The van der Waals surface area contributed by atoms with Gasteiger partial charge < -0.3 is 14.4 Å². The number of likely N-dealkylation sites (N-methyl/N-ethyl adjacent to an activating group) is 1. The number of para-hydroxylation sites is 1. The summed E-state index contributed by atoms with van der Waals surface area (Å²) >= 11 is 6.35. The second kappa shape index (κ2) is 9.29. The van der Waals surface area contributed by atoms with Gasteiger partial charge >= 0.3 is 0 Å². The third-order valence-corrected chi connectivity index (χ3v) is 4.71. The summed E-state index contributed by atoms with van der Waals surface area (Å²) in [4.78, 5) is 14.0. The molecule has 0 unspecified atom stereocenters. The van der Waals surface area contributed by atoms with Gasteiger partial charge in [-0.3, -0.25) is 4.79 Å². The molecule has 0 aliphatic heterocycles. The molecule has 4 nitrogen and oxygen atoms in total. The molecule has 0 fully saturated rings. The Labute approximate surface area is 170 Å². The first-order valence-electron chi connectivity index (χ1n) is 8.92. The Morgan fingerprint density at radius 3 is 2.36 bits per heavy atom. The topological polar surface area (TPSA) is 38.8 Å². The van der Waals surface area contributed by atoms with E-state index in [4.69, 9.17) is 21.1 Å². The highest BCUT2D eigenvalue weighted by molar-refractivity contribution is 6.32. The van der Waals surface area contributed by atoms with E-state index in [1.54, 1.807) is 25.1 Å². The molecule has 3 rings (SSSR count). The van der Waals surface area contributed by atoms with E-state index in [9.17, 15) is 4.79 Å². The normalized spacial score (nSPS) is 10.4. The average molecular weight is 396 g/mol. The monoisotopic (exact) mass is 395 g/mol. The van der Waals surface area contributed by atoms with Crippen molar-refractivity contribution in [1.82, 2.24) is 4.90 Å². The molecule has 0 aliphatic carbocycles. The lowest BCUT2D eigenvalue weighted by molar-refractivity contribution is -0.132. The van der Waals surface area contributed by atoms with E-state index < -0.39 is 0 Å². The van der Waals surface area contributed by atoms with Crippen LogP contribution < -0.4 is 9.47 Å². The quantitative estimate of drug-likeness (QED) is 0.561. The van der Waals surface area contributed by atoms with Gasteiger partial charge in [0.2, 0.25) is 0 Å². The predicted molar refractivity (Wildman–Crippen MR) is 112 cm³/mol. The van der Waals surface area contributed by atoms with Crippen LogP contribution in [0.25, 0.3) is 11.1 Å². The van der Waals surface area contributed by atoms with Gasteiger partial charge in [0.15, 0.2) is 6.61 Å². The van der Waals surface area contributed by atoms with Crippen molar-refractivity contribution in [3.05, 3.63) is 83.4 Å². The molecule has 0 aliphatic rings. The number of benzene rings is 3. The van der Waals surface area contributed by atoms with Gasteiger partial charge in [-0.25, -0.2) is 0 Å². The maximum absolute atomic E-state index is 12.4. The molecule has 0 aromatic heterocycles. The second-order valence-corrected chi connectivity index (χ2v) is 6.77. The number of hydrogen-bond donors (Lipinski definition) is 0. The van der Waals surface area contributed by atoms with E-state index in [2.05, 4.69) is 0 Å². The lowest BCUT2D eigenvalue weighted by Gasteiger charge is -2.19. The van der Waals surface area contributed by atoms with Crippen molar-refractivity contribution in [2.24, 2.45) is 0 Å². The maximum atomic E-state index is 12.4. The summed E-state index contributed by atoms with van der Waals surface area (Å²) in [7, 11) is 3.35. The molecule has 28 heavy (non-hydrogen) atoms. The van der Waals surface area contributed by atoms with Gasteiger partial charge in [-0.2, -0.15) is 0 Å². The summed E-state index contributed by atoms with van der Waals surface area (Å²) in [5.74, 6) is 1.09. The number of ether oxygens (including phenoxy) is 2. The van der Waals surface area contributed by atoms with Gasteiger partial charge in [0.25, 0.3) is 5.91 Å². The van der Waals surface area contributed by atoms with Crippen molar-refractivity contribution in [3.63, 3.8) is 0 Å². The number of carbonyl (C=O) groups excluding carboxylic acids is 1. The molecule has 144 valence electrons. The number of methoxy groups -OCH3 is 1. The fraction of sp³-hybridized carbons (Fsp3) is 0.174. The highest BCUT2D eigenvalue weighted by Crippen LogP contribution is 2.30. The highest BCUT2D eigenvalue weighted by atomic mass is 35.5. The van der Waals surface area contributed by atoms with Gasteiger partial charge in [0.05, 0.1) is 12.1 Å². The summed E-state index contributed by atoms with van der Waals surface area (Å²) in [5, 5.41) is 0.474. The largest absolute Gasteiger partial charge is 0.496 e. The van der Waals surface area contributed by atoms with Crippen molar-refractivity contribution in [1.29, 1.82) is 0 Å². The van der Waals surface area contributed by atoms with Crippen LogP contribution in [0.5, 0.6) is 11.5 Å².